The highest BCUT2D eigenvalue weighted by molar-refractivity contribution is 5.71. The van der Waals surface area contributed by atoms with Gasteiger partial charge in [-0.2, -0.15) is 0 Å². The molecule has 6 heteroatoms. The van der Waals surface area contributed by atoms with E-state index in [-0.39, 0.29) is 31.1 Å². The van der Waals surface area contributed by atoms with Crippen molar-refractivity contribution in [3.63, 3.8) is 0 Å². The van der Waals surface area contributed by atoms with Gasteiger partial charge in [0.1, 0.15) is 13.2 Å². The quantitative estimate of drug-likeness (QED) is 0.0343. The lowest BCUT2D eigenvalue weighted by Gasteiger charge is -2.18. The van der Waals surface area contributed by atoms with E-state index in [0.29, 0.717) is 19.3 Å². The van der Waals surface area contributed by atoms with Crippen LogP contribution in [-0.2, 0) is 28.6 Å². The van der Waals surface area contributed by atoms with Gasteiger partial charge < -0.3 is 14.2 Å². The molecule has 0 aliphatic rings. The van der Waals surface area contributed by atoms with E-state index in [1.54, 1.807) is 0 Å². The lowest BCUT2D eigenvalue weighted by molar-refractivity contribution is -0.167. The Bertz CT molecular complexity index is 1110. The number of ether oxygens (including phenoxy) is 3. The molecule has 0 aromatic rings. The molecule has 0 saturated heterocycles. The highest BCUT2D eigenvalue weighted by Gasteiger charge is 2.19. The molecule has 0 heterocycles. The molecule has 0 saturated carbocycles. The summed E-state index contributed by atoms with van der Waals surface area (Å²) in [6.45, 7) is 11.5. The van der Waals surface area contributed by atoms with Crippen molar-refractivity contribution in [1.82, 2.24) is 0 Å². The number of hydrogen-bond donors (Lipinski definition) is 0. The van der Waals surface area contributed by atoms with Crippen molar-refractivity contribution in [2.24, 2.45) is 11.8 Å². The van der Waals surface area contributed by atoms with Gasteiger partial charge in [-0.1, -0.05) is 336 Å². The fourth-order valence-electron chi connectivity index (χ4n) is 10.3. The first kappa shape index (κ1) is 70.4. The summed E-state index contributed by atoms with van der Waals surface area (Å²) in [5, 5.41) is 0. The zero-order valence-electron chi connectivity index (χ0n) is 49.6. The number of carbonyl (C=O) groups is 3. The predicted octanol–water partition coefficient (Wildman–Crippen LogP) is 22.0. The van der Waals surface area contributed by atoms with Crippen molar-refractivity contribution in [3.05, 3.63) is 0 Å². The van der Waals surface area contributed by atoms with Crippen molar-refractivity contribution in [1.29, 1.82) is 0 Å². The third-order valence-electron chi connectivity index (χ3n) is 15.6. The Labute approximate surface area is 450 Å². The minimum absolute atomic E-state index is 0.0616. The first-order chi connectivity index (χ1) is 35.3. The summed E-state index contributed by atoms with van der Waals surface area (Å²) in [5.74, 6) is 0.933. The summed E-state index contributed by atoms with van der Waals surface area (Å²) in [5.41, 5.74) is 0. The number of esters is 3. The third-order valence-corrected chi connectivity index (χ3v) is 15.6. The number of rotatable bonds is 60. The molecule has 0 radical (unpaired) electrons. The standard InChI is InChI=1S/C66H128O6/c1-6-8-9-10-11-12-13-24-31-36-41-46-51-56-64(67)70-59-63(60-71-65(68)57-52-47-42-37-32-27-22-19-18-20-25-29-34-39-44-49-54-61(3)4)72-66(69)58-53-48-43-38-33-28-23-17-15-14-16-21-26-30-35-40-45-50-55-62(5)7-2/h61-63H,6-60H2,1-5H3/t62?,63-/m0/s1. The fraction of sp³-hybridized carbons (Fsp3) is 0.955. The molecule has 0 aliphatic carbocycles. The smallest absolute Gasteiger partial charge is 0.306 e. The van der Waals surface area contributed by atoms with Crippen LogP contribution in [0.2, 0.25) is 0 Å². The lowest BCUT2D eigenvalue weighted by atomic mass is 9.99. The van der Waals surface area contributed by atoms with E-state index in [2.05, 4.69) is 34.6 Å². The Kier molecular flexibility index (Phi) is 57.4. The van der Waals surface area contributed by atoms with Crippen LogP contribution in [0.5, 0.6) is 0 Å². The molecule has 0 aliphatic heterocycles. The van der Waals surface area contributed by atoms with Gasteiger partial charge in [-0.15, -0.1) is 0 Å². The molecule has 428 valence electrons. The van der Waals surface area contributed by atoms with Crippen molar-refractivity contribution in [3.8, 4) is 0 Å². The zero-order valence-corrected chi connectivity index (χ0v) is 49.6. The zero-order chi connectivity index (χ0) is 52.5. The average Bonchev–Trinajstić information content (AvgIpc) is 3.37. The number of unbranched alkanes of at least 4 members (excludes halogenated alkanes) is 44. The van der Waals surface area contributed by atoms with Crippen LogP contribution in [-0.4, -0.2) is 37.2 Å². The molecule has 0 amide bonds. The van der Waals surface area contributed by atoms with Crippen LogP contribution in [0.1, 0.15) is 375 Å². The van der Waals surface area contributed by atoms with E-state index in [1.807, 2.05) is 0 Å². The van der Waals surface area contributed by atoms with Gasteiger partial charge in [0.25, 0.3) is 0 Å². The summed E-state index contributed by atoms with van der Waals surface area (Å²) in [7, 11) is 0. The second-order valence-electron chi connectivity index (χ2n) is 23.5. The summed E-state index contributed by atoms with van der Waals surface area (Å²) in [6, 6.07) is 0. The van der Waals surface area contributed by atoms with Crippen LogP contribution < -0.4 is 0 Å². The van der Waals surface area contributed by atoms with Gasteiger partial charge >= 0.3 is 17.9 Å². The minimum atomic E-state index is -0.763. The number of hydrogen-bond acceptors (Lipinski definition) is 6. The molecular weight excluding hydrogens is 889 g/mol. The van der Waals surface area contributed by atoms with E-state index in [4.69, 9.17) is 14.2 Å². The van der Waals surface area contributed by atoms with Crippen LogP contribution in [0.15, 0.2) is 0 Å². The van der Waals surface area contributed by atoms with Gasteiger partial charge in [0.15, 0.2) is 6.10 Å². The van der Waals surface area contributed by atoms with Crippen LogP contribution in [0.25, 0.3) is 0 Å². The van der Waals surface area contributed by atoms with Crippen LogP contribution in [0.3, 0.4) is 0 Å². The summed E-state index contributed by atoms with van der Waals surface area (Å²) in [6.07, 6.45) is 65.3. The molecule has 0 spiro atoms. The summed E-state index contributed by atoms with van der Waals surface area (Å²) >= 11 is 0. The van der Waals surface area contributed by atoms with Crippen molar-refractivity contribution in [2.75, 3.05) is 13.2 Å². The van der Waals surface area contributed by atoms with E-state index in [0.717, 1.165) is 69.6 Å². The van der Waals surface area contributed by atoms with E-state index in [1.165, 1.54) is 263 Å². The third kappa shape index (κ3) is 57.7. The van der Waals surface area contributed by atoms with Gasteiger partial charge in [-0.05, 0) is 31.1 Å². The highest BCUT2D eigenvalue weighted by atomic mass is 16.6. The van der Waals surface area contributed by atoms with Gasteiger partial charge in [0, 0.05) is 19.3 Å². The minimum Gasteiger partial charge on any atom is -0.462 e. The molecule has 2 atom stereocenters. The molecule has 0 aromatic carbocycles. The molecule has 0 fully saturated rings. The van der Waals surface area contributed by atoms with Gasteiger partial charge in [-0.25, -0.2) is 0 Å². The lowest BCUT2D eigenvalue weighted by Crippen LogP contribution is -2.30. The predicted molar refractivity (Wildman–Crippen MR) is 312 cm³/mol. The second-order valence-corrected chi connectivity index (χ2v) is 23.5. The second kappa shape index (κ2) is 58.7. The van der Waals surface area contributed by atoms with Crippen LogP contribution in [0.4, 0.5) is 0 Å². The van der Waals surface area contributed by atoms with Gasteiger partial charge in [0.05, 0.1) is 0 Å². The first-order valence-electron chi connectivity index (χ1n) is 32.8. The molecule has 0 rings (SSSR count). The molecule has 0 N–H and O–H groups in total. The van der Waals surface area contributed by atoms with Crippen molar-refractivity contribution < 1.29 is 28.6 Å². The van der Waals surface area contributed by atoms with Gasteiger partial charge in [-0.3, -0.25) is 14.4 Å². The topological polar surface area (TPSA) is 78.9 Å². The van der Waals surface area contributed by atoms with E-state index in [9.17, 15) is 14.4 Å². The maximum absolute atomic E-state index is 12.9. The Balaban J connectivity index is 4.24. The Morgan fingerprint density at radius 2 is 0.528 bits per heavy atom. The van der Waals surface area contributed by atoms with E-state index < -0.39 is 6.10 Å². The van der Waals surface area contributed by atoms with Gasteiger partial charge in [0.2, 0.25) is 0 Å². The molecule has 0 bridgehead atoms. The largest absolute Gasteiger partial charge is 0.462 e. The normalized spacial score (nSPS) is 12.4. The van der Waals surface area contributed by atoms with Crippen molar-refractivity contribution >= 4 is 17.9 Å². The molecule has 72 heavy (non-hydrogen) atoms. The fourth-order valence-corrected chi connectivity index (χ4v) is 10.3. The maximum Gasteiger partial charge on any atom is 0.306 e. The average molecular weight is 1020 g/mol. The molecular formula is C66H128O6. The SMILES string of the molecule is CCCCCCCCCCCCCCCC(=O)OC[C@@H](COC(=O)CCCCCCCCCCCCCCCCCCC(C)C)OC(=O)CCCCCCCCCCCCCCCCCCCCC(C)CC. The summed E-state index contributed by atoms with van der Waals surface area (Å²) in [4.78, 5) is 38.3. The number of carbonyl (C=O) groups excluding carboxylic acids is 3. The van der Waals surface area contributed by atoms with Crippen LogP contribution >= 0.6 is 0 Å². The Morgan fingerprint density at radius 1 is 0.292 bits per heavy atom. The van der Waals surface area contributed by atoms with Crippen molar-refractivity contribution in [2.45, 2.75) is 381 Å². The molecule has 1 unspecified atom stereocenters. The maximum atomic E-state index is 12.9. The van der Waals surface area contributed by atoms with E-state index >= 15 is 0 Å². The summed E-state index contributed by atoms with van der Waals surface area (Å²) < 4.78 is 17.0. The highest BCUT2D eigenvalue weighted by Crippen LogP contribution is 2.19. The molecule has 6 nitrogen and oxygen atoms in total. The molecule has 0 aromatic heterocycles. The Hall–Kier alpha value is -1.59. The monoisotopic (exact) mass is 1020 g/mol. The first-order valence-corrected chi connectivity index (χ1v) is 32.8. The Morgan fingerprint density at radius 3 is 0.792 bits per heavy atom. The van der Waals surface area contributed by atoms with Crippen LogP contribution in [0, 0.1) is 11.8 Å².